The number of carbonyl (C=O) groups is 1. The van der Waals surface area contributed by atoms with Crippen molar-refractivity contribution >= 4 is 22.7 Å². The average Bonchev–Trinajstić information content (AvgIpc) is 2.41. The first-order valence-corrected chi connectivity index (χ1v) is 6.94. The standard InChI is InChI=1S/C16H18N2O3/c1-11-7-12-5-3-4-6-13(12)17-15(11)18-9-16(2,10-18)21-8-14(19)20/h3-7H,8-10H2,1-2H3,(H,19,20). The third-order valence-electron chi connectivity index (χ3n) is 3.78. The fourth-order valence-electron chi connectivity index (χ4n) is 2.77. The number of hydrogen-bond donors (Lipinski definition) is 1. The highest BCUT2D eigenvalue weighted by molar-refractivity contribution is 5.82. The van der Waals surface area contributed by atoms with Gasteiger partial charge in [-0.1, -0.05) is 18.2 Å². The zero-order valence-electron chi connectivity index (χ0n) is 12.2. The summed E-state index contributed by atoms with van der Waals surface area (Å²) in [6, 6.07) is 10.2. The van der Waals surface area contributed by atoms with Crippen molar-refractivity contribution in [3.05, 3.63) is 35.9 Å². The number of hydrogen-bond acceptors (Lipinski definition) is 4. The van der Waals surface area contributed by atoms with E-state index < -0.39 is 11.6 Å². The van der Waals surface area contributed by atoms with Gasteiger partial charge in [-0.15, -0.1) is 0 Å². The van der Waals surface area contributed by atoms with Gasteiger partial charge in [0, 0.05) is 5.39 Å². The Morgan fingerprint density at radius 2 is 2.14 bits per heavy atom. The summed E-state index contributed by atoms with van der Waals surface area (Å²) >= 11 is 0. The molecule has 1 aromatic carbocycles. The molecule has 1 aliphatic rings. The van der Waals surface area contributed by atoms with Gasteiger partial charge >= 0.3 is 5.97 Å². The van der Waals surface area contributed by atoms with Crippen LogP contribution in [-0.2, 0) is 9.53 Å². The monoisotopic (exact) mass is 286 g/mol. The second-order valence-electron chi connectivity index (χ2n) is 5.81. The molecule has 1 aromatic heterocycles. The van der Waals surface area contributed by atoms with Crippen molar-refractivity contribution in [2.75, 3.05) is 24.6 Å². The maximum atomic E-state index is 10.6. The Labute approximate surface area is 123 Å². The van der Waals surface area contributed by atoms with E-state index in [0.29, 0.717) is 13.1 Å². The third-order valence-corrected chi connectivity index (χ3v) is 3.78. The van der Waals surface area contributed by atoms with Gasteiger partial charge < -0.3 is 14.7 Å². The highest BCUT2D eigenvalue weighted by atomic mass is 16.5. The van der Waals surface area contributed by atoms with Crippen molar-refractivity contribution in [1.29, 1.82) is 0 Å². The van der Waals surface area contributed by atoms with E-state index in [2.05, 4.69) is 17.0 Å². The van der Waals surface area contributed by atoms with Gasteiger partial charge in [0.15, 0.2) is 0 Å². The predicted octanol–water partition coefficient (Wildman–Crippen LogP) is 2.22. The van der Waals surface area contributed by atoms with Crippen LogP contribution in [0.4, 0.5) is 5.82 Å². The van der Waals surface area contributed by atoms with E-state index >= 15 is 0 Å². The Morgan fingerprint density at radius 1 is 1.43 bits per heavy atom. The maximum Gasteiger partial charge on any atom is 0.329 e. The molecular formula is C16H18N2O3. The molecular weight excluding hydrogens is 268 g/mol. The molecule has 0 aliphatic carbocycles. The summed E-state index contributed by atoms with van der Waals surface area (Å²) in [6.45, 7) is 5.04. The Balaban J connectivity index is 1.77. The average molecular weight is 286 g/mol. The first-order chi connectivity index (χ1) is 9.97. The summed E-state index contributed by atoms with van der Waals surface area (Å²) in [5, 5.41) is 9.82. The Bertz CT molecular complexity index is 693. The molecule has 0 saturated carbocycles. The molecule has 110 valence electrons. The number of nitrogens with zero attached hydrogens (tertiary/aromatic N) is 2. The number of carboxylic acids is 1. The number of pyridine rings is 1. The molecule has 0 radical (unpaired) electrons. The molecule has 2 heterocycles. The number of aliphatic carboxylic acids is 1. The summed E-state index contributed by atoms with van der Waals surface area (Å²) in [6.07, 6.45) is 0. The molecule has 0 unspecified atom stereocenters. The lowest BCUT2D eigenvalue weighted by Crippen LogP contribution is -2.62. The maximum absolute atomic E-state index is 10.6. The number of benzene rings is 1. The normalized spacial score (nSPS) is 16.8. The molecule has 0 amide bonds. The van der Waals surface area contributed by atoms with Crippen LogP contribution in [0.15, 0.2) is 30.3 Å². The summed E-state index contributed by atoms with van der Waals surface area (Å²) in [7, 11) is 0. The Hall–Kier alpha value is -2.14. The fraction of sp³-hybridized carbons (Fsp3) is 0.375. The number of aromatic nitrogens is 1. The third kappa shape index (κ3) is 2.69. The van der Waals surface area contributed by atoms with Crippen molar-refractivity contribution in [2.45, 2.75) is 19.4 Å². The van der Waals surface area contributed by atoms with Crippen molar-refractivity contribution in [3.8, 4) is 0 Å². The second kappa shape index (κ2) is 5.00. The highest BCUT2D eigenvalue weighted by Crippen LogP contribution is 2.32. The minimum Gasteiger partial charge on any atom is -0.480 e. The van der Waals surface area contributed by atoms with Gasteiger partial charge in [-0.25, -0.2) is 9.78 Å². The summed E-state index contributed by atoms with van der Waals surface area (Å²) in [4.78, 5) is 17.4. The second-order valence-corrected chi connectivity index (χ2v) is 5.81. The summed E-state index contributed by atoms with van der Waals surface area (Å²) in [5.41, 5.74) is 1.69. The Morgan fingerprint density at radius 3 is 2.86 bits per heavy atom. The van der Waals surface area contributed by atoms with Gasteiger partial charge in [-0.05, 0) is 31.5 Å². The number of fused-ring (bicyclic) bond motifs is 1. The van der Waals surface area contributed by atoms with Crippen LogP contribution in [0, 0.1) is 6.92 Å². The molecule has 5 heteroatoms. The number of ether oxygens (including phenoxy) is 1. The predicted molar refractivity (Wildman–Crippen MR) is 80.7 cm³/mol. The number of rotatable bonds is 4. The molecule has 2 aromatic rings. The minimum atomic E-state index is -0.935. The summed E-state index contributed by atoms with van der Waals surface area (Å²) in [5.74, 6) is 0.0137. The van der Waals surface area contributed by atoms with Crippen LogP contribution in [0.5, 0.6) is 0 Å². The van der Waals surface area contributed by atoms with Crippen LogP contribution in [0.3, 0.4) is 0 Å². The number of para-hydroxylation sites is 1. The molecule has 3 rings (SSSR count). The fourth-order valence-corrected chi connectivity index (χ4v) is 2.77. The van der Waals surface area contributed by atoms with E-state index in [9.17, 15) is 4.79 Å². The molecule has 1 fully saturated rings. The molecule has 0 atom stereocenters. The van der Waals surface area contributed by atoms with Crippen LogP contribution in [0.25, 0.3) is 10.9 Å². The van der Waals surface area contributed by atoms with Gasteiger partial charge in [0.2, 0.25) is 0 Å². The van der Waals surface area contributed by atoms with E-state index in [0.717, 1.165) is 22.3 Å². The van der Waals surface area contributed by atoms with Crippen LogP contribution >= 0.6 is 0 Å². The SMILES string of the molecule is Cc1cc2ccccc2nc1N1CC(C)(OCC(=O)O)C1. The van der Waals surface area contributed by atoms with Crippen molar-refractivity contribution in [2.24, 2.45) is 0 Å². The van der Waals surface area contributed by atoms with E-state index in [4.69, 9.17) is 14.8 Å². The molecule has 21 heavy (non-hydrogen) atoms. The lowest BCUT2D eigenvalue weighted by atomic mass is 9.95. The molecule has 1 aliphatic heterocycles. The topological polar surface area (TPSA) is 62.7 Å². The lowest BCUT2D eigenvalue weighted by molar-refractivity contribution is -0.150. The summed E-state index contributed by atoms with van der Waals surface area (Å²) < 4.78 is 5.44. The van der Waals surface area contributed by atoms with Crippen LogP contribution in [-0.4, -0.2) is 41.4 Å². The number of carboxylic acid groups (broad SMARTS) is 1. The number of anilines is 1. The van der Waals surface area contributed by atoms with Crippen molar-refractivity contribution in [1.82, 2.24) is 4.98 Å². The van der Waals surface area contributed by atoms with Gasteiger partial charge in [-0.2, -0.15) is 0 Å². The zero-order chi connectivity index (χ0) is 15.0. The van der Waals surface area contributed by atoms with Crippen molar-refractivity contribution < 1.29 is 14.6 Å². The molecule has 0 spiro atoms. The molecule has 5 nitrogen and oxygen atoms in total. The minimum absolute atomic E-state index is 0.255. The van der Waals surface area contributed by atoms with E-state index in [1.807, 2.05) is 32.0 Å². The smallest absolute Gasteiger partial charge is 0.329 e. The van der Waals surface area contributed by atoms with Gasteiger partial charge in [0.05, 0.1) is 18.6 Å². The zero-order valence-corrected chi connectivity index (χ0v) is 12.2. The van der Waals surface area contributed by atoms with E-state index in [-0.39, 0.29) is 6.61 Å². The first kappa shape index (κ1) is 13.8. The number of aryl methyl sites for hydroxylation is 1. The van der Waals surface area contributed by atoms with Gasteiger partial charge in [0.25, 0.3) is 0 Å². The van der Waals surface area contributed by atoms with Gasteiger partial charge in [-0.3, -0.25) is 0 Å². The quantitative estimate of drug-likeness (QED) is 0.933. The molecule has 1 saturated heterocycles. The van der Waals surface area contributed by atoms with E-state index in [1.165, 1.54) is 0 Å². The highest BCUT2D eigenvalue weighted by Gasteiger charge is 2.41. The van der Waals surface area contributed by atoms with E-state index in [1.54, 1.807) is 0 Å². The van der Waals surface area contributed by atoms with Crippen LogP contribution < -0.4 is 4.90 Å². The Kier molecular flexibility index (Phi) is 3.29. The molecule has 0 bridgehead atoms. The van der Waals surface area contributed by atoms with Crippen LogP contribution in [0.1, 0.15) is 12.5 Å². The first-order valence-electron chi connectivity index (χ1n) is 6.94. The van der Waals surface area contributed by atoms with Crippen LogP contribution in [0.2, 0.25) is 0 Å². The van der Waals surface area contributed by atoms with Crippen molar-refractivity contribution in [3.63, 3.8) is 0 Å². The molecule has 1 N–H and O–H groups in total. The largest absolute Gasteiger partial charge is 0.480 e. The van der Waals surface area contributed by atoms with Gasteiger partial charge in [0.1, 0.15) is 18.0 Å². The lowest BCUT2D eigenvalue weighted by Gasteiger charge is -2.48.